The van der Waals surface area contributed by atoms with E-state index in [0.717, 1.165) is 38.9 Å². The molecule has 0 aliphatic carbocycles. The Hall–Kier alpha value is -3.62. The second kappa shape index (κ2) is 10.5. The molecule has 3 heterocycles. The predicted octanol–water partition coefficient (Wildman–Crippen LogP) is 6.66. The van der Waals surface area contributed by atoms with Crippen molar-refractivity contribution in [2.24, 2.45) is 0 Å². The summed E-state index contributed by atoms with van der Waals surface area (Å²) >= 11 is 0. The van der Waals surface area contributed by atoms with Gasteiger partial charge < -0.3 is 9.40 Å². The molecule has 1 radical (unpaired) electrons. The van der Waals surface area contributed by atoms with E-state index in [9.17, 15) is 0 Å². The summed E-state index contributed by atoms with van der Waals surface area (Å²) in [5.41, 5.74) is 4.65. The van der Waals surface area contributed by atoms with Crippen LogP contribution in [0.3, 0.4) is 0 Å². The van der Waals surface area contributed by atoms with E-state index in [4.69, 9.17) is 4.42 Å². The average Bonchev–Trinajstić information content (AvgIpc) is 3.51. The van der Waals surface area contributed by atoms with Gasteiger partial charge in [0.1, 0.15) is 5.58 Å². The van der Waals surface area contributed by atoms with Gasteiger partial charge in [-0.25, -0.2) is 0 Å². The zero-order valence-electron chi connectivity index (χ0n) is 18.9. The SMILES string of the molecule is CC(C)[N+]1=C=[N+](c2[c-]ccc3c2oc2ccccc23)C=C1.[Ir].[c-]1ccccc1-c1ccccn1. The number of fused-ring (bicyclic) bond motifs is 3. The first-order valence-electron chi connectivity index (χ1n) is 10.9. The Kier molecular flexibility index (Phi) is 7.30. The zero-order valence-corrected chi connectivity index (χ0v) is 21.3. The van der Waals surface area contributed by atoms with Gasteiger partial charge >= 0.3 is 6.01 Å². The van der Waals surface area contributed by atoms with Crippen LogP contribution in [0.25, 0.3) is 33.2 Å². The fraction of sp³-hybridized carbons (Fsp3) is 0.103. The summed E-state index contributed by atoms with van der Waals surface area (Å²) in [5, 5.41) is 2.24. The standard InChI is InChI=1S/C18H15N2O.C11H8N.Ir/c1-13(2)19-10-11-20(12-19)16-8-5-7-15-14-6-3-4-9-17(14)21-18(15)16;1-2-6-10(7-3-1)11-8-4-5-9-12-11;/h3-7,9-11,13H,1-2H3;1-6,8-9H;/q+1;-1;. The summed E-state index contributed by atoms with van der Waals surface area (Å²) in [4.78, 5) is 4.22. The molecule has 0 fully saturated rings. The molecule has 0 saturated heterocycles. The van der Waals surface area contributed by atoms with Gasteiger partial charge in [0, 0.05) is 31.7 Å². The van der Waals surface area contributed by atoms with Crippen LogP contribution < -0.4 is 0 Å². The fourth-order valence-corrected chi connectivity index (χ4v) is 3.67. The van der Waals surface area contributed by atoms with Gasteiger partial charge in [-0.15, -0.1) is 42.0 Å². The molecule has 5 heteroatoms. The molecule has 6 rings (SSSR count). The van der Waals surface area contributed by atoms with Crippen molar-refractivity contribution in [2.75, 3.05) is 0 Å². The maximum absolute atomic E-state index is 6.03. The van der Waals surface area contributed by atoms with Crippen LogP contribution >= 0.6 is 0 Å². The molecule has 1 aliphatic heterocycles. The fourth-order valence-electron chi connectivity index (χ4n) is 3.67. The van der Waals surface area contributed by atoms with Crippen LogP contribution in [0.1, 0.15) is 13.8 Å². The van der Waals surface area contributed by atoms with Crippen molar-refractivity contribution >= 4 is 33.6 Å². The van der Waals surface area contributed by atoms with E-state index in [1.54, 1.807) is 6.20 Å². The molecule has 5 aromatic rings. The normalized spacial score (nSPS) is 12.2. The summed E-state index contributed by atoms with van der Waals surface area (Å²) in [5.74, 6) is 0. The van der Waals surface area contributed by atoms with Crippen molar-refractivity contribution in [1.82, 2.24) is 4.98 Å². The first-order valence-corrected chi connectivity index (χ1v) is 10.9. The van der Waals surface area contributed by atoms with Gasteiger partial charge in [0.25, 0.3) is 6.20 Å². The molecular weight excluding hydrogens is 599 g/mol. The minimum Gasteiger partial charge on any atom is -0.509 e. The van der Waals surface area contributed by atoms with Gasteiger partial charge in [0.05, 0.1) is 5.58 Å². The Morgan fingerprint density at radius 3 is 2.41 bits per heavy atom. The molecule has 0 spiro atoms. The van der Waals surface area contributed by atoms with Crippen molar-refractivity contribution in [3.8, 4) is 11.3 Å². The molecule has 0 unspecified atom stereocenters. The third-order valence-electron chi connectivity index (χ3n) is 5.37. The van der Waals surface area contributed by atoms with E-state index in [2.05, 4.69) is 43.0 Å². The number of rotatable bonds is 3. The van der Waals surface area contributed by atoms with Crippen molar-refractivity contribution in [2.45, 2.75) is 19.9 Å². The largest absolute Gasteiger partial charge is 0.509 e. The zero-order chi connectivity index (χ0) is 22.6. The van der Waals surface area contributed by atoms with Crippen molar-refractivity contribution < 1.29 is 33.7 Å². The smallest absolute Gasteiger partial charge is 0.493 e. The van der Waals surface area contributed by atoms with Crippen LogP contribution in [0.2, 0.25) is 0 Å². The van der Waals surface area contributed by atoms with Crippen LogP contribution in [0.5, 0.6) is 0 Å². The number of benzene rings is 3. The predicted molar refractivity (Wildman–Crippen MR) is 131 cm³/mol. The molecule has 0 saturated carbocycles. The number of hydrogen-bond acceptors (Lipinski definition) is 2. The van der Waals surface area contributed by atoms with Crippen LogP contribution in [0.15, 0.2) is 102 Å². The number of hydrogen-bond donors (Lipinski definition) is 0. The van der Waals surface area contributed by atoms with Crippen molar-refractivity contribution in [3.05, 3.63) is 110 Å². The van der Waals surface area contributed by atoms with E-state index in [1.165, 1.54) is 0 Å². The van der Waals surface area contributed by atoms with Gasteiger partial charge in [-0.05, 0) is 31.7 Å². The molecule has 0 amide bonds. The van der Waals surface area contributed by atoms with E-state index < -0.39 is 0 Å². The summed E-state index contributed by atoms with van der Waals surface area (Å²) < 4.78 is 10.00. The third kappa shape index (κ3) is 4.83. The molecule has 0 N–H and O–H groups in total. The molecule has 34 heavy (non-hydrogen) atoms. The monoisotopic (exact) mass is 622 g/mol. The van der Waals surface area contributed by atoms with Crippen LogP contribution in [-0.2, 0) is 20.1 Å². The van der Waals surface area contributed by atoms with Crippen LogP contribution in [-0.4, -0.2) is 26.2 Å². The summed E-state index contributed by atoms with van der Waals surface area (Å²) in [7, 11) is 0. The summed E-state index contributed by atoms with van der Waals surface area (Å²) in [6, 6.07) is 35.8. The quantitative estimate of drug-likeness (QED) is 0.167. The number of nitrogens with zero attached hydrogens (tertiary/aromatic N) is 3. The van der Waals surface area contributed by atoms with E-state index in [1.807, 2.05) is 94.3 Å². The first kappa shape index (κ1) is 23.5. The topological polar surface area (TPSA) is 32.0 Å². The summed E-state index contributed by atoms with van der Waals surface area (Å²) in [6.07, 6.45) is 5.79. The van der Waals surface area contributed by atoms with E-state index in [-0.39, 0.29) is 20.1 Å². The maximum atomic E-state index is 6.03. The van der Waals surface area contributed by atoms with Crippen LogP contribution in [0.4, 0.5) is 5.69 Å². The molecule has 3 aromatic carbocycles. The minimum absolute atomic E-state index is 0. The molecule has 0 bridgehead atoms. The van der Waals surface area contributed by atoms with Crippen molar-refractivity contribution in [3.63, 3.8) is 0 Å². The first-order chi connectivity index (χ1) is 16.2. The molecule has 1 aliphatic rings. The van der Waals surface area contributed by atoms with E-state index >= 15 is 0 Å². The second-order valence-corrected chi connectivity index (χ2v) is 7.93. The number of aromatic nitrogens is 1. The average molecular weight is 622 g/mol. The Labute approximate surface area is 212 Å². The van der Waals surface area contributed by atoms with Crippen LogP contribution in [0, 0.1) is 12.1 Å². The van der Waals surface area contributed by atoms with Gasteiger partial charge in [0.2, 0.25) is 6.20 Å². The van der Waals surface area contributed by atoms with Gasteiger partial charge in [-0.1, -0.05) is 44.9 Å². The molecule has 2 aromatic heterocycles. The minimum atomic E-state index is 0. The third-order valence-corrected chi connectivity index (χ3v) is 5.37. The number of pyridine rings is 1. The molecule has 0 atom stereocenters. The van der Waals surface area contributed by atoms with Crippen molar-refractivity contribution in [1.29, 1.82) is 0 Å². The van der Waals surface area contributed by atoms with Gasteiger partial charge in [0.15, 0.2) is 11.7 Å². The molecule has 4 nitrogen and oxygen atoms in total. The summed E-state index contributed by atoms with van der Waals surface area (Å²) in [6.45, 7) is 4.26. The second-order valence-electron chi connectivity index (χ2n) is 7.93. The molecule has 169 valence electrons. The Morgan fingerprint density at radius 1 is 0.853 bits per heavy atom. The molecular formula is C29H23IrN3O. The Morgan fingerprint density at radius 2 is 1.68 bits per heavy atom. The Bertz CT molecular complexity index is 1480. The Balaban J connectivity index is 0.000000180. The van der Waals surface area contributed by atoms with E-state index in [0.29, 0.717) is 6.04 Å². The van der Waals surface area contributed by atoms with Gasteiger partial charge in [-0.2, -0.15) is 12.1 Å². The number of para-hydroxylation sites is 1. The maximum Gasteiger partial charge on any atom is 0.493 e. The number of furan rings is 1. The van der Waals surface area contributed by atoms with Gasteiger partial charge in [-0.3, -0.25) is 0 Å².